The normalized spacial score (nSPS) is 24.6. The highest BCUT2D eigenvalue weighted by molar-refractivity contribution is 5.94. The van der Waals surface area contributed by atoms with Gasteiger partial charge in [0, 0.05) is 38.1 Å². The summed E-state index contributed by atoms with van der Waals surface area (Å²) in [6.07, 6.45) is 8.70. The van der Waals surface area contributed by atoms with Gasteiger partial charge in [0.05, 0.1) is 11.5 Å². The molecule has 146 valence electrons. The number of hydrogen-bond donors (Lipinski definition) is 1. The van der Waals surface area contributed by atoms with Crippen LogP contribution in [0.5, 0.6) is 0 Å². The molecule has 1 aliphatic carbocycles. The molecule has 1 atom stereocenters. The van der Waals surface area contributed by atoms with Gasteiger partial charge in [-0.05, 0) is 49.1 Å². The monoisotopic (exact) mass is 377 g/mol. The first kappa shape index (κ1) is 17.5. The molecule has 28 heavy (non-hydrogen) atoms. The highest BCUT2D eigenvalue weighted by Gasteiger charge is 2.49. The van der Waals surface area contributed by atoms with E-state index >= 15 is 0 Å². The van der Waals surface area contributed by atoms with Crippen molar-refractivity contribution in [2.24, 2.45) is 5.41 Å². The summed E-state index contributed by atoms with van der Waals surface area (Å²) in [5.74, 6) is 0.384. The largest absolute Gasteiger partial charge is 0.367 e. The third-order valence-electron chi connectivity index (χ3n) is 6.87. The minimum Gasteiger partial charge on any atom is -0.367 e. The molecule has 1 spiro atoms. The Morgan fingerprint density at radius 2 is 1.82 bits per heavy atom. The van der Waals surface area contributed by atoms with Crippen molar-refractivity contribution in [1.29, 1.82) is 0 Å². The lowest BCUT2D eigenvalue weighted by molar-refractivity contribution is -0.142. The fourth-order valence-electron chi connectivity index (χ4n) is 5.05. The minimum atomic E-state index is -0.0394. The van der Waals surface area contributed by atoms with Crippen molar-refractivity contribution in [2.75, 3.05) is 19.6 Å². The Morgan fingerprint density at radius 3 is 2.46 bits per heavy atom. The van der Waals surface area contributed by atoms with Gasteiger partial charge < -0.3 is 14.8 Å². The number of benzene rings is 1. The second kappa shape index (κ2) is 6.80. The fraction of sp³-hybridized carbons (Fsp3) is 0.478. The lowest BCUT2D eigenvalue weighted by Crippen LogP contribution is -2.55. The van der Waals surface area contributed by atoms with E-state index in [-0.39, 0.29) is 17.2 Å². The summed E-state index contributed by atoms with van der Waals surface area (Å²) < 4.78 is 0. The van der Waals surface area contributed by atoms with E-state index in [1.807, 2.05) is 29.2 Å². The van der Waals surface area contributed by atoms with Crippen LogP contribution in [0.2, 0.25) is 0 Å². The zero-order valence-electron chi connectivity index (χ0n) is 16.1. The maximum atomic E-state index is 13.2. The van der Waals surface area contributed by atoms with Gasteiger partial charge in [-0.3, -0.25) is 9.59 Å². The van der Waals surface area contributed by atoms with Gasteiger partial charge in [0.1, 0.15) is 0 Å². The fourth-order valence-corrected chi connectivity index (χ4v) is 5.05. The summed E-state index contributed by atoms with van der Waals surface area (Å²) in [4.78, 5) is 33.0. The Balaban J connectivity index is 1.35. The Morgan fingerprint density at radius 1 is 1.07 bits per heavy atom. The maximum absolute atomic E-state index is 13.2. The van der Waals surface area contributed by atoms with Crippen molar-refractivity contribution in [1.82, 2.24) is 14.8 Å². The molecular formula is C23H27N3O2. The smallest absolute Gasteiger partial charge is 0.255 e. The number of H-pyrrole nitrogens is 1. The van der Waals surface area contributed by atoms with Gasteiger partial charge in [0.15, 0.2) is 0 Å². The average molecular weight is 377 g/mol. The Kier molecular flexibility index (Phi) is 4.26. The van der Waals surface area contributed by atoms with E-state index in [1.54, 1.807) is 12.4 Å². The third-order valence-corrected chi connectivity index (χ3v) is 6.87. The van der Waals surface area contributed by atoms with E-state index in [0.717, 1.165) is 62.9 Å². The molecule has 2 aliphatic heterocycles. The van der Waals surface area contributed by atoms with Gasteiger partial charge in [-0.1, -0.05) is 30.3 Å². The number of carbonyl (C=O) groups excluding carboxylic acids is 2. The summed E-state index contributed by atoms with van der Waals surface area (Å²) in [7, 11) is 0. The van der Waals surface area contributed by atoms with E-state index in [9.17, 15) is 9.59 Å². The van der Waals surface area contributed by atoms with Crippen molar-refractivity contribution < 1.29 is 9.59 Å². The summed E-state index contributed by atoms with van der Waals surface area (Å²) in [5.41, 5.74) is 2.01. The molecule has 2 aromatic rings. The van der Waals surface area contributed by atoms with E-state index < -0.39 is 0 Å². The van der Waals surface area contributed by atoms with Crippen molar-refractivity contribution >= 4 is 11.8 Å². The SMILES string of the molecule is O=C(c1cc[nH]c1)N1CCC2(CC1)C[C@@H](c1ccccc1)C(=O)N(C1CC1)C2. The van der Waals surface area contributed by atoms with Crippen LogP contribution >= 0.6 is 0 Å². The minimum absolute atomic E-state index is 0.0394. The molecule has 3 aliphatic rings. The molecule has 0 radical (unpaired) electrons. The first-order valence-electron chi connectivity index (χ1n) is 10.4. The number of likely N-dealkylation sites (tertiary alicyclic amines) is 2. The Labute approximate surface area is 165 Å². The summed E-state index contributed by atoms with van der Waals surface area (Å²) in [6, 6.07) is 12.5. The van der Waals surface area contributed by atoms with Crippen LogP contribution in [0.15, 0.2) is 48.8 Å². The van der Waals surface area contributed by atoms with Gasteiger partial charge in [-0.25, -0.2) is 0 Å². The van der Waals surface area contributed by atoms with Crippen LogP contribution in [0.25, 0.3) is 0 Å². The van der Waals surface area contributed by atoms with E-state index in [2.05, 4.69) is 22.0 Å². The van der Waals surface area contributed by atoms with Crippen LogP contribution in [0.4, 0.5) is 0 Å². The van der Waals surface area contributed by atoms with Crippen molar-refractivity contribution in [3.05, 3.63) is 59.9 Å². The molecular weight excluding hydrogens is 350 g/mol. The molecule has 1 saturated carbocycles. The number of amides is 2. The number of piperidine rings is 2. The number of aromatic amines is 1. The molecule has 5 heteroatoms. The van der Waals surface area contributed by atoms with Crippen LogP contribution in [0, 0.1) is 5.41 Å². The molecule has 1 N–H and O–H groups in total. The quantitative estimate of drug-likeness (QED) is 0.891. The second-order valence-electron chi connectivity index (χ2n) is 8.76. The predicted molar refractivity (Wildman–Crippen MR) is 107 cm³/mol. The predicted octanol–water partition coefficient (Wildman–Crippen LogP) is 3.42. The zero-order chi connectivity index (χ0) is 19.1. The molecule has 5 rings (SSSR count). The zero-order valence-corrected chi connectivity index (χ0v) is 16.1. The summed E-state index contributed by atoms with van der Waals surface area (Å²) in [5, 5.41) is 0. The Hall–Kier alpha value is -2.56. The number of nitrogens with zero attached hydrogens (tertiary/aromatic N) is 2. The first-order chi connectivity index (χ1) is 13.7. The lowest BCUT2D eigenvalue weighted by Gasteiger charge is -2.50. The van der Waals surface area contributed by atoms with Gasteiger partial charge in [-0.15, -0.1) is 0 Å². The van der Waals surface area contributed by atoms with Gasteiger partial charge in [-0.2, -0.15) is 0 Å². The standard InChI is InChI=1S/C23H27N3O2/c27-21(18-8-11-24-15-18)25-12-9-23(10-13-25)14-20(17-4-2-1-3-5-17)22(28)26(16-23)19-6-7-19/h1-5,8,11,15,19-20,24H,6-7,9-10,12-14,16H2/t20-/m0/s1. The third kappa shape index (κ3) is 3.13. The molecule has 5 nitrogen and oxygen atoms in total. The van der Waals surface area contributed by atoms with Gasteiger partial charge in [0.25, 0.3) is 5.91 Å². The van der Waals surface area contributed by atoms with E-state index in [4.69, 9.17) is 0 Å². The van der Waals surface area contributed by atoms with Crippen LogP contribution in [0.1, 0.15) is 53.9 Å². The topological polar surface area (TPSA) is 56.4 Å². The number of carbonyl (C=O) groups is 2. The van der Waals surface area contributed by atoms with E-state index in [1.165, 1.54) is 0 Å². The van der Waals surface area contributed by atoms with Gasteiger partial charge >= 0.3 is 0 Å². The molecule has 1 aromatic carbocycles. The van der Waals surface area contributed by atoms with Gasteiger partial charge in [0.2, 0.25) is 5.91 Å². The van der Waals surface area contributed by atoms with E-state index in [0.29, 0.717) is 11.9 Å². The summed E-state index contributed by atoms with van der Waals surface area (Å²) >= 11 is 0. The summed E-state index contributed by atoms with van der Waals surface area (Å²) in [6.45, 7) is 2.42. The van der Waals surface area contributed by atoms with Crippen molar-refractivity contribution in [3.63, 3.8) is 0 Å². The van der Waals surface area contributed by atoms with Crippen LogP contribution in [-0.4, -0.2) is 52.3 Å². The highest BCUT2D eigenvalue weighted by atomic mass is 16.2. The van der Waals surface area contributed by atoms with Crippen molar-refractivity contribution in [2.45, 2.75) is 44.1 Å². The molecule has 0 bridgehead atoms. The first-order valence-corrected chi connectivity index (χ1v) is 10.4. The lowest BCUT2D eigenvalue weighted by atomic mass is 9.67. The van der Waals surface area contributed by atoms with Crippen LogP contribution < -0.4 is 0 Å². The van der Waals surface area contributed by atoms with Crippen LogP contribution in [-0.2, 0) is 4.79 Å². The average Bonchev–Trinajstić information content (AvgIpc) is 3.43. The molecule has 3 fully saturated rings. The molecule has 1 aromatic heterocycles. The molecule has 2 saturated heterocycles. The number of rotatable bonds is 3. The maximum Gasteiger partial charge on any atom is 0.255 e. The number of aromatic nitrogens is 1. The number of hydrogen-bond acceptors (Lipinski definition) is 2. The second-order valence-corrected chi connectivity index (χ2v) is 8.76. The Bertz CT molecular complexity index is 849. The van der Waals surface area contributed by atoms with Crippen molar-refractivity contribution in [3.8, 4) is 0 Å². The van der Waals surface area contributed by atoms with Crippen LogP contribution in [0.3, 0.4) is 0 Å². The molecule has 3 heterocycles. The molecule has 0 unspecified atom stereocenters. The molecule has 2 amide bonds. The number of nitrogens with one attached hydrogen (secondary N) is 1. The highest BCUT2D eigenvalue weighted by Crippen LogP contribution is 2.48.